The van der Waals surface area contributed by atoms with Crippen molar-refractivity contribution in [2.45, 2.75) is 31.2 Å². The van der Waals surface area contributed by atoms with Crippen LogP contribution in [-0.2, 0) is 26.1 Å². The Labute approximate surface area is 158 Å². The van der Waals surface area contributed by atoms with Crippen molar-refractivity contribution in [2.75, 3.05) is 32.8 Å². The summed E-state index contributed by atoms with van der Waals surface area (Å²) >= 11 is 0. The molecule has 1 aromatic carbocycles. The molecule has 146 valence electrons. The van der Waals surface area contributed by atoms with Gasteiger partial charge < -0.3 is 14.6 Å². The molecule has 1 aliphatic carbocycles. The average molecular weight is 392 g/mol. The van der Waals surface area contributed by atoms with Crippen molar-refractivity contribution in [3.63, 3.8) is 0 Å². The van der Waals surface area contributed by atoms with E-state index in [2.05, 4.69) is 10.3 Å². The lowest BCUT2D eigenvalue weighted by Gasteiger charge is -2.26. The predicted octanol–water partition coefficient (Wildman–Crippen LogP) is 0.892. The van der Waals surface area contributed by atoms with Crippen LogP contribution in [0.1, 0.15) is 18.7 Å². The number of nitrogens with zero attached hydrogens (tertiary/aromatic N) is 3. The lowest BCUT2D eigenvalue weighted by Crippen LogP contribution is -2.40. The molecule has 27 heavy (non-hydrogen) atoms. The van der Waals surface area contributed by atoms with E-state index >= 15 is 0 Å². The van der Waals surface area contributed by atoms with Gasteiger partial charge in [-0.15, -0.1) is 0 Å². The van der Waals surface area contributed by atoms with Gasteiger partial charge in [0.05, 0.1) is 29.1 Å². The maximum atomic E-state index is 12.8. The van der Waals surface area contributed by atoms with Crippen molar-refractivity contribution in [3.05, 3.63) is 24.0 Å². The fourth-order valence-electron chi connectivity index (χ4n) is 3.39. The molecule has 1 aliphatic heterocycles. The third kappa shape index (κ3) is 3.71. The number of amides is 1. The van der Waals surface area contributed by atoms with Crippen LogP contribution in [-0.4, -0.2) is 61.0 Å². The number of fused-ring (bicyclic) bond motifs is 1. The highest BCUT2D eigenvalue weighted by Gasteiger charge is 2.29. The SMILES string of the molecule is Cc1nc2cc(S(=O)(=O)N3CCOCC3)ccc2n1CCNC(=O)C1CC1. The molecule has 9 heteroatoms. The summed E-state index contributed by atoms with van der Waals surface area (Å²) in [6.07, 6.45) is 1.97. The number of hydrogen-bond acceptors (Lipinski definition) is 5. The van der Waals surface area contributed by atoms with E-state index in [1.54, 1.807) is 18.2 Å². The fourth-order valence-corrected chi connectivity index (χ4v) is 4.82. The second-order valence-corrected chi connectivity index (χ2v) is 8.98. The molecule has 4 rings (SSSR count). The Kier molecular flexibility index (Phi) is 4.92. The number of nitrogens with one attached hydrogen (secondary N) is 1. The molecule has 1 saturated carbocycles. The lowest BCUT2D eigenvalue weighted by molar-refractivity contribution is -0.122. The molecule has 2 aliphatic rings. The monoisotopic (exact) mass is 392 g/mol. The van der Waals surface area contributed by atoms with Crippen LogP contribution < -0.4 is 5.32 Å². The average Bonchev–Trinajstić information content (AvgIpc) is 3.47. The van der Waals surface area contributed by atoms with E-state index in [9.17, 15) is 13.2 Å². The molecule has 2 fully saturated rings. The molecule has 0 bridgehead atoms. The van der Waals surface area contributed by atoms with Gasteiger partial charge in [-0.2, -0.15) is 4.31 Å². The number of carbonyl (C=O) groups is 1. The Balaban J connectivity index is 1.53. The van der Waals surface area contributed by atoms with Crippen molar-refractivity contribution in [1.82, 2.24) is 19.2 Å². The van der Waals surface area contributed by atoms with E-state index in [0.717, 1.165) is 24.2 Å². The second kappa shape index (κ2) is 7.21. The zero-order valence-corrected chi connectivity index (χ0v) is 16.2. The topological polar surface area (TPSA) is 93.5 Å². The number of sulfonamides is 1. The van der Waals surface area contributed by atoms with Crippen LogP contribution in [0.15, 0.2) is 23.1 Å². The summed E-state index contributed by atoms with van der Waals surface area (Å²) in [7, 11) is -3.54. The summed E-state index contributed by atoms with van der Waals surface area (Å²) in [4.78, 5) is 16.5. The number of benzene rings is 1. The first-order valence-electron chi connectivity index (χ1n) is 9.29. The largest absolute Gasteiger partial charge is 0.379 e. The van der Waals surface area contributed by atoms with Gasteiger partial charge in [-0.25, -0.2) is 13.4 Å². The van der Waals surface area contributed by atoms with Crippen LogP contribution in [0.2, 0.25) is 0 Å². The zero-order chi connectivity index (χ0) is 19.0. The van der Waals surface area contributed by atoms with Gasteiger partial charge in [0.2, 0.25) is 15.9 Å². The van der Waals surface area contributed by atoms with Crippen LogP contribution in [0, 0.1) is 12.8 Å². The van der Waals surface area contributed by atoms with Crippen molar-refractivity contribution in [3.8, 4) is 0 Å². The second-order valence-electron chi connectivity index (χ2n) is 7.04. The number of hydrogen-bond donors (Lipinski definition) is 1. The Bertz CT molecular complexity index is 959. The summed E-state index contributed by atoms with van der Waals surface area (Å²) in [6, 6.07) is 5.06. The number of ether oxygens (including phenoxy) is 1. The molecule has 1 amide bonds. The van der Waals surface area contributed by atoms with Crippen molar-refractivity contribution in [1.29, 1.82) is 0 Å². The third-order valence-electron chi connectivity index (χ3n) is 5.10. The van der Waals surface area contributed by atoms with E-state index in [1.807, 2.05) is 11.5 Å². The summed E-state index contributed by atoms with van der Waals surface area (Å²) < 4.78 is 34.4. The Morgan fingerprint density at radius 2 is 2.04 bits per heavy atom. The molecule has 0 radical (unpaired) electrons. The minimum atomic E-state index is -3.54. The van der Waals surface area contributed by atoms with Crippen LogP contribution in [0.25, 0.3) is 11.0 Å². The van der Waals surface area contributed by atoms with Gasteiger partial charge in [-0.3, -0.25) is 4.79 Å². The fraction of sp³-hybridized carbons (Fsp3) is 0.556. The highest BCUT2D eigenvalue weighted by Crippen LogP contribution is 2.28. The first-order chi connectivity index (χ1) is 13.0. The molecule has 0 atom stereocenters. The van der Waals surface area contributed by atoms with Crippen LogP contribution >= 0.6 is 0 Å². The quantitative estimate of drug-likeness (QED) is 0.788. The molecular weight excluding hydrogens is 368 g/mol. The van der Waals surface area contributed by atoms with Crippen LogP contribution in [0.4, 0.5) is 0 Å². The van der Waals surface area contributed by atoms with E-state index < -0.39 is 10.0 Å². The Morgan fingerprint density at radius 3 is 2.74 bits per heavy atom. The third-order valence-corrected chi connectivity index (χ3v) is 7.00. The highest BCUT2D eigenvalue weighted by molar-refractivity contribution is 7.89. The standard InChI is InChI=1S/C18H24N4O4S/c1-13-20-16-12-15(27(24,25)21-8-10-26-11-9-21)4-5-17(16)22(13)7-6-19-18(23)14-2-3-14/h4-5,12,14H,2-3,6-11H2,1H3,(H,19,23). The molecule has 1 saturated heterocycles. The maximum absolute atomic E-state index is 12.8. The van der Waals surface area contributed by atoms with E-state index in [1.165, 1.54) is 4.31 Å². The summed E-state index contributed by atoms with van der Waals surface area (Å²) in [5.74, 6) is 1.11. The molecule has 2 aromatic rings. The molecule has 0 unspecified atom stereocenters. The molecule has 1 N–H and O–H groups in total. The van der Waals surface area contributed by atoms with Crippen molar-refractivity contribution in [2.24, 2.45) is 5.92 Å². The van der Waals surface area contributed by atoms with Gasteiger partial charge in [0, 0.05) is 32.1 Å². The van der Waals surface area contributed by atoms with Gasteiger partial charge in [-0.05, 0) is 38.0 Å². The number of aryl methyl sites for hydroxylation is 1. The molecular formula is C18H24N4O4S. The normalized spacial score (nSPS) is 18.7. The minimum Gasteiger partial charge on any atom is -0.379 e. The maximum Gasteiger partial charge on any atom is 0.243 e. The molecule has 1 aromatic heterocycles. The van der Waals surface area contributed by atoms with E-state index in [0.29, 0.717) is 44.9 Å². The van der Waals surface area contributed by atoms with E-state index in [4.69, 9.17) is 4.74 Å². The number of rotatable bonds is 6. The van der Waals surface area contributed by atoms with Gasteiger partial charge >= 0.3 is 0 Å². The van der Waals surface area contributed by atoms with Crippen LogP contribution in [0.3, 0.4) is 0 Å². The first kappa shape index (κ1) is 18.4. The predicted molar refractivity (Wildman–Crippen MR) is 99.8 cm³/mol. The number of morpholine rings is 1. The molecule has 8 nitrogen and oxygen atoms in total. The summed E-state index contributed by atoms with van der Waals surface area (Å²) in [5, 5.41) is 2.95. The lowest BCUT2D eigenvalue weighted by atomic mass is 10.3. The Hall–Kier alpha value is -1.97. The first-order valence-corrected chi connectivity index (χ1v) is 10.7. The summed E-state index contributed by atoms with van der Waals surface area (Å²) in [5.41, 5.74) is 1.52. The van der Waals surface area contributed by atoms with Gasteiger partial charge in [0.15, 0.2) is 0 Å². The minimum absolute atomic E-state index is 0.121. The smallest absolute Gasteiger partial charge is 0.243 e. The number of carbonyl (C=O) groups excluding carboxylic acids is 1. The van der Waals surface area contributed by atoms with Gasteiger partial charge in [0.1, 0.15) is 5.82 Å². The van der Waals surface area contributed by atoms with Gasteiger partial charge in [-0.1, -0.05) is 0 Å². The molecule has 0 spiro atoms. The molecule has 2 heterocycles. The highest BCUT2D eigenvalue weighted by atomic mass is 32.2. The Morgan fingerprint density at radius 1 is 1.30 bits per heavy atom. The van der Waals surface area contributed by atoms with Crippen molar-refractivity contribution >= 4 is 27.0 Å². The number of aromatic nitrogens is 2. The van der Waals surface area contributed by atoms with E-state index in [-0.39, 0.29) is 16.7 Å². The van der Waals surface area contributed by atoms with Gasteiger partial charge in [0.25, 0.3) is 0 Å². The van der Waals surface area contributed by atoms with Crippen LogP contribution in [0.5, 0.6) is 0 Å². The summed E-state index contributed by atoms with van der Waals surface area (Å²) in [6.45, 7) is 4.61. The van der Waals surface area contributed by atoms with Crippen molar-refractivity contribution < 1.29 is 17.9 Å². The number of imidazole rings is 1. The zero-order valence-electron chi connectivity index (χ0n) is 15.3.